The van der Waals surface area contributed by atoms with Crippen LogP contribution < -0.4 is 10.6 Å². The molecule has 2 amide bonds. The van der Waals surface area contributed by atoms with Gasteiger partial charge in [-0.1, -0.05) is 22.0 Å². The Morgan fingerprint density at radius 1 is 1.20 bits per heavy atom. The summed E-state index contributed by atoms with van der Waals surface area (Å²) in [5, 5.41) is 5.30. The minimum absolute atomic E-state index is 0.0459. The summed E-state index contributed by atoms with van der Waals surface area (Å²) < 4.78 is 0.821. The molecule has 104 valence electrons. The number of H-pyrrole nitrogens is 1. The highest BCUT2D eigenvalue weighted by Crippen LogP contribution is 2.11. The molecule has 1 aromatic carbocycles. The Bertz CT molecular complexity index is 596. The number of carbonyl (C=O) groups excluding carboxylic acids is 2. The van der Waals surface area contributed by atoms with Crippen molar-refractivity contribution in [2.45, 2.75) is 6.54 Å². The number of benzene rings is 1. The second-order valence-corrected chi connectivity index (χ2v) is 5.10. The van der Waals surface area contributed by atoms with Crippen LogP contribution in [0.5, 0.6) is 0 Å². The quantitative estimate of drug-likeness (QED) is 0.779. The monoisotopic (exact) mass is 335 g/mol. The molecular weight excluding hydrogens is 322 g/mol. The molecular formula is C14H14BrN3O2. The molecule has 0 aliphatic rings. The van der Waals surface area contributed by atoms with Gasteiger partial charge in [0, 0.05) is 29.0 Å². The third-order valence-corrected chi connectivity index (χ3v) is 3.14. The first-order valence-electron chi connectivity index (χ1n) is 6.07. The molecule has 2 rings (SSSR count). The molecule has 0 saturated heterocycles. The zero-order valence-corrected chi connectivity index (χ0v) is 12.2. The fourth-order valence-electron chi connectivity index (χ4n) is 1.62. The minimum atomic E-state index is -0.275. The predicted molar refractivity (Wildman–Crippen MR) is 79.1 cm³/mol. The first-order valence-corrected chi connectivity index (χ1v) is 6.86. The van der Waals surface area contributed by atoms with E-state index in [1.54, 1.807) is 30.6 Å². The molecule has 20 heavy (non-hydrogen) atoms. The maximum atomic E-state index is 11.8. The van der Waals surface area contributed by atoms with Gasteiger partial charge in [0.2, 0.25) is 5.91 Å². The summed E-state index contributed by atoms with van der Waals surface area (Å²) in [6.07, 6.45) is 3.59. The Hall–Kier alpha value is -2.08. The molecule has 6 heteroatoms. The van der Waals surface area contributed by atoms with E-state index in [0.717, 1.165) is 10.0 Å². The van der Waals surface area contributed by atoms with Crippen molar-refractivity contribution in [3.8, 4) is 0 Å². The van der Waals surface area contributed by atoms with Gasteiger partial charge in [-0.15, -0.1) is 0 Å². The average molecular weight is 336 g/mol. The van der Waals surface area contributed by atoms with Gasteiger partial charge in [-0.2, -0.15) is 0 Å². The van der Waals surface area contributed by atoms with Gasteiger partial charge in [-0.05, 0) is 29.8 Å². The summed E-state index contributed by atoms with van der Waals surface area (Å²) in [6.45, 7) is 0.394. The smallest absolute Gasteiger partial charge is 0.251 e. The number of aromatic nitrogens is 1. The van der Waals surface area contributed by atoms with Crippen LogP contribution >= 0.6 is 15.9 Å². The van der Waals surface area contributed by atoms with E-state index < -0.39 is 0 Å². The van der Waals surface area contributed by atoms with E-state index in [2.05, 4.69) is 31.5 Å². The van der Waals surface area contributed by atoms with Crippen LogP contribution in [0.1, 0.15) is 15.9 Å². The summed E-state index contributed by atoms with van der Waals surface area (Å²) in [5.41, 5.74) is 1.49. The topological polar surface area (TPSA) is 74.0 Å². The average Bonchev–Trinajstić information content (AvgIpc) is 2.95. The molecule has 0 aliphatic heterocycles. The SMILES string of the molecule is O=C(CNC(=O)c1cccc(Br)c1)NCc1cc[nH]c1. The molecule has 0 saturated carbocycles. The van der Waals surface area contributed by atoms with E-state index in [0.29, 0.717) is 12.1 Å². The Balaban J connectivity index is 1.77. The zero-order chi connectivity index (χ0) is 14.4. The van der Waals surface area contributed by atoms with Crippen LogP contribution in [0.15, 0.2) is 47.2 Å². The van der Waals surface area contributed by atoms with Crippen LogP contribution in [0, 0.1) is 0 Å². The van der Waals surface area contributed by atoms with Gasteiger partial charge in [-0.25, -0.2) is 0 Å². The summed E-state index contributed by atoms with van der Waals surface area (Å²) in [4.78, 5) is 26.3. The van der Waals surface area contributed by atoms with Gasteiger partial charge in [0.15, 0.2) is 0 Å². The highest BCUT2D eigenvalue weighted by molar-refractivity contribution is 9.10. The molecule has 0 spiro atoms. The van der Waals surface area contributed by atoms with Crippen LogP contribution in [0.25, 0.3) is 0 Å². The fraction of sp³-hybridized carbons (Fsp3) is 0.143. The second kappa shape index (κ2) is 6.91. The Morgan fingerprint density at radius 3 is 2.75 bits per heavy atom. The lowest BCUT2D eigenvalue weighted by Crippen LogP contribution is -2.36. The van der Waals surface area contributed by atoms with E-state index in [1.807, 2.05) is 12.1 Å². The summed E-state index contributed by atoms with van der Waals surface area (Å²) in [5.74, 6) is -0.502. The molecule has 0 fully saturated rings. The Morgan fingerprint density at radius 2 is 2.05 bits per heavy atom. The zero-order valence-electron chi connectivity index (χ0n) is 10.7. The highest BCUT2D eigenvalue weighted by atomic mass is 79.9. The van der Waals surface area contributed by atoms with Crippen molar-refractivity contribution >= 4 is 27.7 Å². The maximum Gasteiger partial charge on any atom is 0.251 e. The van der Waals surface area contributed by atoms with E-state index in [-0.39, 0.29) is 18.4 Å². The van der Waals surface area contributed by atoms with Gasteiger partial charge >= 0.3 is 0 Å². The van der Waals surface area contributed by atoms with Crippen LogP contribution in [-0.4, -0.2) is 23.3 Å². The number of halogens is 1. The van der Waals surface area contributed by atoms with Gasteiger partial charge in [0.1, 0.15) is 0 Å². The molecule has 1 aromatic heterocycles. The van der Waals surface area contributed by atoms with Gasteiger partial charge in [0.25, 0.3) is 5.91 Å². The molecule has 0 atom stereocenters. The fourth-order valence-corrected chi connectivity index (χ4v) is 2.02. The predicted octanol–water partition coefficient (Wildman–Crippen LogP) is 1.82. The van der Waals surface area contributed by atoms with Crippen molar-refractivity contribution < 1.29 is 9.59 Å². The number of nitrogens with one attached hydrogen (secondary N) is 3. The van der Waals surface area contributed by atoms with Crippen LogP contribution in [0.2, 0.25) is 0 Å². The lowest BCUT2D eigenvalue weighted by atomic mass is 10.2. The second-order valence-electron chi connectivity index (χ2n) is 4.19. The third-order valence-electron chi connectivity index (χ3n) is 2.65. The van der Waals surface area contributed by atoms with Gasteiger partial charge in [-0.3, -0.25) is 9.59 Å². The number of rotatable bonds is 5. The van der Waals surface area contributed by atoms with Crippen molar-refractivity contribution in [3.05, 3.63) is 58.3 Å². The summed E-state index contributed by atoms with van der Waals surface area (Å²) >= 11 is 3.30. The first kappa shape index (κ1) is 14.3. The number of hydrogen-bond acceptors (Lipinski definition) is 2. The molecule has 3 N–H and O–H groups in total. The Kier molecular flexibility index (Phi) is 4.95. The molecule has 0 bridgehead atoms. The van der Waals surface area contributed by atoms with Crippen molar-refractivity contribution in [2.24, 2.45) is 0 Å². The number of aromatic amines is 1. The van der Waals surface area contributed by atoms with E-state index in [9.17, 15) is 9.59 Å². The van der Waals surface area contributed by atoms with Gasteiger partial charge in [0.05, 0.1) is 6.54 Å². The molecule has 2 aromatic rings. The van der Waals surface area contributed by atoms with E-state index >= 15 is 0 Å². The standard InChI is InChI=1S/C14H14BrN3O2/c15-12-3-1-2-11(6-12)14(20)18-9-13(19)17-8-10-4-5-16-7-10/h1-7,16H,8-9H2,(H,17,19)(H,18,20). The normalized spacial score (nSPS) is 10.1. The molecule has 0 radical (unpaired) electrons. The molecule has 0 unspecified atom stereocenters. The number of carbonyl (C=O) groups is 2. The van der Waals surface area contributed by atoms with Crippen molar-refractivity contribution in [3.63, 3.8) is 0 Å². The van der Waals surface area contributed by atoms with Crippen LogP contribution in [0.4, 0.5) is 0 Å². The number of hydrogen-bond donors (Lipinski definition) is 3. The van der Waals surface area contributed by atoms with Gasteiger partial charge < -0.3 is 15.6 Å². The maximum absolute atomic E-state index is 11.8. The molecule has 1 heterocycles. The van der Waals surface area contributed by atoms with Crippen molar-refractivity contribution in [1.82, 2.24) is 15.6 Å². The lowest BCUT2D eigenvalue weighted by Gasteiger charge is -2.06. The van der Waals surface area contributed by atoms with Crippen molar-refractivity contribution in [2.75, 3.05) is 6.54 Å². The highest BCUT2D eigenvalue weighted by Gasteiger charge is 2.08. The minimum Gasteiger partial charge on any atom is -0.367 e. The molecule has 0 aliphatic carbocycles. The van der Waals surface area contributed by atoms with Crippen LogP contribution in [-0.2, 0) is 11.3 Å². The first-order chi connectivity index (χ1) is 9.65. The summed E-state index contributed by atoms with van der Waals surface area (Å²) in [6, 6.07) is 8.87. The number of amides is 2. The third kappa shape index (κ3) is 4.24. The molecule has 5 nitrogen and oxygen atoms in total. The van der Waals surface area contributed by atoms with Crippen LogP contribution in [0.3, 0.4) is 0 Å². The lowest BCUT2D eigenvalue weighted by molar-refractivity contribution is -0.120. The Labute approximate surface area is 124 Å². The van der Waals surface area contributed by atoms with Crippen molar-refractivity contribution in [1.29, 1.82) is 0 Å². The van der Waals surface area contributed by atoms with E-state index in [1.165, 1.54) is 0 Å². The summed E-state index contributed by atoms with van der Waals surface area (Å²) in [7, 11) is 0. The van der Waals surface area contributed by atoms with E-state index in [4.69, 9.17) is 0 Å². The largest absolute Gasteiger partial charge is 0.367 e.